The lowest BCUT2D eigenvalue weighted by atomic mass is 9.98. The number of esters is 1. The van der Waals surface area contributed by atoms with Crippen molar-refractivity contribution in [1.29, 1.82) is 0 Å². The number of halogens is 2. The molecule has 1 saturated heterocycles. The van der Waals surface area contributed by atoms with Crippen LogP contribution in [0.1, 0.15) is 44.2 Å². The number of benzene rings is 1. The zero-order chi connectivity index (χ0) is 15.2. The van der Waals surface area contributed by atoms with Crippen molar-refractivity contribution in [3.05, 3.63) is 35.4 Å². The van der Waals surface area contributed by atoms with Crippen LogP contribution in [0.5, 0.6) is 0 Å². The maximum absolute atomic E-state index is 14.1. The molecule has 0 spiro atoms. The van der Waals surface area contributed by atoms with E-state index < -0.39 is 17.7 Å². The van der Waals surface area contributed by atoms with E-state index in [2.05, 4.69) is 4.90 Å². The number of likely N-dealkylation sites (tertiary alicyclic amines) is 1. The summed E-state index contributed by atoms with van der Waals surface area (Å²) in [7, 11) is 0. The summed E-state index contributed by atoms with van der Waals surface area (Å²) in [5.41, 5.74) is 0.241. The van der Waals surface area contributed by atoms with Crippen molar-refractivity contribution in [2.24, 2.45) is 0 Å². The van der Waals surface area contributed by atoms with E-state index in [0.717, 1.165) is 38.4 Å². The molecule has 3 nitrogen and oxygen atoms in total. The zero-order valence-corrected chi connectivity index (χ0v) is 12.3. The van der Waals surface area contributed by atoms with Crippen LogP contribution in [0.3, 0.4) is 0 Å². The van der Waals surface area contributed by atoms with Crippen LogP contribution in [-0.2, 0) is 9.53 Å². The van der Waals surface area contributed by atoms with Gasteiger partial charge >= 0.3 is 5.97 Å². The van der Waals surface area contributed by atoms with Gasteiger partial charge in [-0.15, -0.1) is 0 Å². The van der Waals surface area contributed by atoms with Gasteiger partial charge in [0.25, 0.3) is 0 Å². The first-order chi connectivity index (χ1) is 10.1. The van der Waals surface area contributed by atoms with Gasteiger partial charge in [0.2, 0.25) is 0 Å². The van der Waals surface area contributed by atoms with E-state index >= 15 is 0 Å². The Morgan fingerprint density at radius 2 is 2.00 bits per heavy atom. The summed E-state index contributed by atoms with van der Waals surface area (Å²) in [6, 6.07) is 3.67. The molecule has 0 N–H and O–H groups in total. The number of rotatable bonds is 5. The second kappa shape index (κ2) is 7.50. The van der Waals surface area contributed by atoms with Crippen LogP contribution >= 0.6 is 0 Å². The molecule has 1 aromatic carbocycles. The van der Waals surface area contributed by atoms with E-state index in [9.17, 15) is 13.6 Å². The largest absolute Gasteiger partial charge is 0.466 e. The highest BCUT2D eigenvalue weighted by Crippen LogP contribution is 2.30. The van der Waals surface area contributed by atoms with E-state index in [-0.39, 0.29) is 24.6 Å². The molecular weight excluding hydrogens is 276 g/mol. The van der Waals surface area contributed by atoms with Crippen molar-refractivity contribution in [3.8, 4) is 0 Å². The molecule has 116 valence electrons. The number of hydrogen-bond acceptors (Lipinski definition) is 3. The van der Waals surface area contributed by atoms with Gasteiger partial charge in [-0.05, 0) is 38.9 Å². The van der Waals surface area contributed by atoms with Gasteiger partial charge in [0.1, 0.15) is 0 Å². The van der Waals surface area contributed by atoms with E-state index in [1.54, 1.807) is 13.0 Å². The molecule has 1 unspecified atom stereocenters. The predicted molar refractivity (Wildman–Crippen MR) is 75.8 cm³/mol. The maximum atomic E-state index is 14.1. The van der Waals surface area contributed by atoms with E-state index in [4.69, 9.17) is 4.74 Å². The van der Waals surface area contributed by atoms with E-state index in [1.807, 2.05) is 0 Å². The molecular formula is C16H21F2NO2. The first-order valence-corrected chi connectivity index (χ1v) is 7.47. The van der Waals surface area contributed by atoms with Gasteiger partial charge in [0.05, 0.1) is 13.0 Å². The van der Waals surface area contributed by atoms with Crippen molar-refractivity contribution in [2.75, 3.05) is 19.7 Å². The zero-order valence-electron chi connectivity index (χ0n) is 12.3. The molecule has 0 bridgehead atoms. The molecule has 2 rings (SSSR count). The van der Waals surface area contributed by atoms with Crippen LogP contribution in [0.4, 0.5) is 8.78 Å². The number of nitrogens with zero attached hydrogens (tertiary/aromatic N) is 1. The number of piperidine rings is 1. The summed E-state index contributed by atoms with van der Waals surface area (Å²) in [5, 5.41) is 0. The lowest BCUT2D eigenvalue weighted by Crippen LogP contribution is -2.35. The first kappa shape index (κ1) is 15.9. The van der Waals surface area contributed by atoms with Crippen molar-refractivity contribution in [2.45, 2.75) is 38.6 Å². The van der Waals surface area contributed by atoms with Gasteiger partial charge in [-0.25, -0.2) is 8.78 Å². The molecule has 1 fully saturated rings. The molecule has 1 heterocycles. The standard InChI is InChI=1S/C16H21F2NO2/c1-2-21-15(20)11-14(19-9-4-3-5-10-19)12-7-6-8-13(17)16(12)18/h6-8,14H,2-5,9-11H2,1H3. The normalized spacial score (nSPS) is 17.5. The van der Waals surface area contributed by atoms with Gasteiger partial charge in [-0.2, -0.15) is 0 Å². The minimum atomic E-state index is -0.877. The smallest absolute Gasteiger partial charge is 0.307 e. The molecule has 1 aliphatic heterocycles. The molecule has 0 aromatic heterocycles. The molecule has 0 amide bonds. The second-order valence-electron chi connectivity index (χ2n) is 5.26. The van der Waals surface area contributed by atoms with Crippen molar-refractivity contribution >= 4 is 5.97 Å². The highest BCUT2D eigenvalue weighted by Gasteiger charge is 2.28. The van der Waals surface area contributed by atoms with E-state index in [0.29, 0.717) is 0 Å². The molecule has 5 heteroatoms. The quantitative estimate of drug-likeness (QED) is 0.780. The summed E-state index contributed by atoms with van der Waals surface area (Å²) in [6.45, 7) is 3.60. The fourth-order valence-electron chi connectivity index (χ4n) is 2.82. The molecule has 1 aliphatic rings. The van der Waals surface area contributed by atoms with E-state index in [1.165, 1.54) is 6.07 Å². The second-order valence-corrected chi connectivity index (χ2v) is 5.26. The lowest BCUT2D eigenvalue weighted by molar-refractivity contribution is -0.144. The monoisotopic (exact) mass is 297 g/mol. The Balaban J connectivity index is 2.25. The predicted octanol–water partition coefficient (Wildman–Crippen LogP) is 3.45. The average Bonchev–Trinajstić information content (AvgIpc) is 2.49. The number of carbonyl (C=O) groups excluding carboxylic acids is 1. The lowest BCUT2D eigenvalue weighted by Gasteiger charge is -2.34. The number of ether oxygens (including phenoxy) is 1. The topological polar surface area (TPSA) is 29.5 Å². The summed E-state index contributed by atoms with van der Waals surface area (Å²) in [4.78, 5) is 13.9. The Bertz CT molecular complexity index is 487. The fraction of sp³-hybridized carbons (Fsp3) is 0.562. The van der Waals surface area contributed by atoms with Crippen LogP contribution in [0.2, 0.25) is 0 Å². The Kier molecular flexibility index (Phi) is 5.67. The molecule has 1 atom stereocenters. The van der Waals surface area contributed by atoms with Crippen LogP contribution in [0.25, 0.3) is 0 Å². The molecule has 21 heavy (non-hydrogen) atoms. The van der Waals surface area contributed by atoms with Gasteiger partial charge in [-0.1, -0.05) is 18.6 Å². The molecule has 1 aromatic rings. The highest BCUT2D eigenvalue weighted by molar-refractivity contribution is 5.70. The van der Waals surface area contributed by atoms with Gasteiger partial charge in [0, 0.05) is 11.6 Å². The SMILES string of the molecule is CCOC(=O)CC(c1cccc(F)c1F)N1CCCCC1. The third kappa shape index (κ3) is 4.00. The third-order valence-electron chi connectivity index (χ3n) is 3.84. The fourth-order valence-corrected chi connectivity index (χ4v) is 2.82. The van der Waals surface area contributed by atoms with Crippen molar-refractivity contribution in [1.82, 2.24) is 4.90 Å². The Morgan fingerprint density at radius 3 is 2.67 bits per heavy atom. The van der Waals surface area contributed by atoms with Crippen molar-refractivity contribution in [3.63, 3.8) is 0 Å². The van der Waals surface area contributed by atoms with Gasteiger partial charge < -0.3 is 4.74 Å². The van der Waals surface area contributed by atoms with Crippen LogP contribution < -0.4 is 0 Å². The summed E-state index contributed by atoms with van der Waals surface area (Å²) >= 11 is 0. The summed E-state index contributed by atoms with van der Waals surface area (Å²) in [5.74, 6) is -2.12. The van der Waals surface area contributed by atoms with Crippen molar-refractivity contribution < 1.29 is 18.3 Å². The minimum Gasteiger partial charge on any atom is -0.466 e. The average molecular weight is 297 g/mol. The highest BCUT2D eigenvalue weighted by atomic mass is 19.2. The molecule has 0 radical (unpaired) electrons. The minimum absolute atomic E-state index is 0.0498. The van der Waals surface area contributed by atoms with Crippen LogP contribution in [-0.4, -0.2) is 30.6 Å². The molecule has 0 aliphatic carbocycles. The summed E-state index contributed by atoms with van der Waals surface area (Å²) in [6.07, 6.45) is 3.20. The number of carbonyl (C=O) groups is 1. The Morgan fingerprint density at radius 1 is 1.29 bits per heavy atom. The molecule has 0 saturated carbocycles. The van der Waals surface area contributed by atoms with Crippen LogP contribution in [0.15, 0.2) is 18.2 Å². The first-order valence-electron chi connectivity index (χ1n) is 7.47. The number of hydrogen-bond donors (Lipinski definition) is 0. The van der Waals surface area contributed by atoms with Gasteiger partial charge in [0.15, 0.2) is 11.6 Å². The Labute approximate surface area is 123 Å². The van der Waals surface area contributed by atoms with Gasteiger partial charge in [-0.3, -0.25) is 9.69 Å². The maximum Gasteiger partial charge on any atom is 0.307 e. The summed E-state index contributed by atoms with van der Waals surface area (Å²) < 4.78 is 32.5. The Hall–Kier alpha value is -1.49. The van der Waals surface area contributed by atoms with Crippen LogP contribution in [0, 0.1) is 11.6 Å². The third-order valence-corrected chi connectivity index (χ3v) is 3.84.